The lowest BCUT2D eigenvalue weighted by molar-refractivity contribution is 0.0701. The number of carbonyl (C=O) groups is 1. The third kappa shape index (κ3) is 2.52. The molecule has 0 spiro atoms. The number of carboxylic acid groups (broad SMARTS) is 1. The van der Waals surface area contributed by atoms with Crippen molar-refractivity contribution in [2.75, 3.05) is 0 Å². The van der Waals surface area contributed by atoms with Crippen LogP contribution in [0.25, 0.3) is 10.1 Å². The fraction of sp³-hybridized carbons (Fsp3) is 0.154. The van der Waals surface area contributed by atoms with E-state index in [-0.39, 0.29) is 4.88 Å². The first kappa shape index (κ1) is 14.0. The molecule has 0 fully saturated rings. The number of aromatic carboxylic acids is 1. The zero-order valence-electron chi connectivity index (χ0n) is 10.9. The number of benzene rings is 1. The minimum Gasteiger partial charge on any atom is -0.477 e. The molecule has 0 radical (unpaired) electrons. The molecule has 0 saturated heterocycles. The zero-order valence-corrected chi connectivity index (χ0v) is 12.5. The van der Waals surface area contributed by atoms with E-state index in [1.54, 1.807) is 23.9 Å². The monoisotopic (exact) mass is 323 g/mol. The minimum atomic E-state index is -1.04. The van der Waals surface area contributed by atoms with Crippen LogP contribution in [0.1, 0.15) is 15.2 Å². The predicted molar refractivity (Wildman–Crippen MR) is 79.3 cm³/mol. The maximum absolute atomic E-state index is 14.0. The van der Waals surface area contributed by atoms with Crippen molar-refractivity contribution in [1.82, 2.24) is 14.8 Å². The van der Waals surface area contributed by atoms with E-state index in [1.807, 2.05) is 0 Å². The second-order valence-corrected chi connectivity index (χ2v) is 6.28. The van der Waals surface area contributed by atoms with Crippen LogP contribution in [0.15, 0.2) is 29.7 Å². The molecule has 108 valence electrons. The highest BCUT2D eigenvalue weighted by Crippen LogP contribution is 2.36. The SMILES string of the molecule is Cn1ncnc1SCc1c(C(=O)O)sc2cccc(F)c12. The molecule has 8 heteroatoms. The summed E-state index contributed by atoms with van der Waals surface area (Å²) in [6, 6.07) is 4.66. The summed E-state index contributed by atoms with van der Waals surface area (Å²) in [5.41, 5.74) is 0.494. The molecule has 0 aliphatic carbocycles. The number of hydrogen-bond donors (Lipinski definition) is 1. The van der Waals surface area contributed by atoms with Gasteiger partial charge in [0.05, 0.1) is 0 Å². The van der Waals surface area contributed by atoms with Gasteiger partial charge in [-0.1, -0.05) is 17.8 Å². The molecule has 0 unspecified atom stereocenters. The van der Waals surface area contributed by atoms with Gasteiger partial charge in [-0.15, -0.1) is 11.3 Å². The Bertz CT molecular complexity index is 828. The topological polar surface area (TPSA) is 68.0 Å². The Morgan fingerprint density at radius 2 is 2.33 bits per heavy atom. The highest BCUT2D eigenvalue weighted by atomic mass is 32.2. The van der Waals surface area contributed by atoms with Gasteiger partial charge in [0.25, 0.3) is 0 Å². The summed E-state index contributed by atoms with van der Waals surface area (Å²) in [5.74, 6) is -1.11. The van der Waals surface area contributed by atoms with Crippen molar-refractivity contribution < 1.29 is 14.3 Å². The zero-order chi connectivity index (χ0) is 15.0. The Kier molecular flexibility index (Phi) is 3.64. The summed E-state index contributed by atoms with van der Waals surface area (Å²) < 4.78 is 16.3. The Balaban J connectivity index is 2.05. The number of thioether (sulfide) groups is 1. The van der Waals surface area contributed by atoms with E-state index in [4.69, 9.17) is 0 Å². The third-order valence-corrected chi connectivity index (χ3v) is 5.22. The Morgan fingerprint density at radius 3 is 3.00 bits per heavy atom. The minimum absolute atomic E-state index is 0.171. The quantitative estimate of drug-likeness (QED) is 0.747. The van der Waals surface area contributed by atoms with E-state index in [0.717, 1.165) is 11.3 Å². The van der Waals surface area contributed by atoms with Gasteiger partial charge in [-0.3, -0.25) is 0 Å². The molecule has 0 aliphatic rings. The average Bonchev–Trinajstić information content (AvgIpc) is 3.01. The predicted octanol–water partition coefficient (Wildman–Crippen LogP) is 3.16. The third-order valence-electron chi connectivity index (χ3n) is 2.97. The van der Waals surface area contributed by atoms with Crippen molar-refractivity contribution in [3.05, 3.63) is 40.8 Å². The van der Waals surface area contributed by atoms with Gasteiger partial charge < -0.3 is 5.11 Å². The lowest BCUT2D eigenvalue weighted by Gasteiger charge is -2.02. The van der Waals surface area contributed by atoms with Crippen LogP contribution in [0.4, 0.5) is 4.39 Å². The van der Waals surface area contributed by atoms with Crippen LogP contribution in [-0.2, 0) is 12.8 Å². The van der Waals surface area contributed by atoms with Crippen LogP contribution >= 0.6 is 23.1 Å². The highest BCUT2D eigenvalue weighted by Gasteiger charge is 2.20. The average molecular weight is 323 g/mol. The standard InChI is InChI=1S/C13H10FN3O2S2/c1-17-13(15-6-16-17)20-5-7-10-8(14)3-2-4-9(10)21-11(7)12(18)19/h2-4,6H,5H2,1H3,(H,18,19). The first-order chi connectivity index (χ1) is 10.1. The van der Waals surface area contributed by atoms with Gasteiger partial charge >= 0.3 is 5.97 Å². The van der Waals surface area contributed by atoms with Gasteiger partial charge in [-0.05, 0) is 17.7 Å². The molecular formula is C13H10FN3O2S2. The molecule has 0 saturated carbocycles. The summed E-state index contributed by atoms with van der Waals surface area (Å²) in [4.78, 5) is 15.6. The number of carboxylic acids is 1. The van der Waals surface area contributed by atoms with E-state index in [0.29, 0.717) is 26.6 Å². The van der Waals surface area contributed by atoms with Gasteiger partial charge in [0, 0.05) is 22.9 Å². The van der Waals surface area contributed by atoms with E-state index in [9.17, 15) is 14.3 Å². The maximum atomic E-state index is 14.0. The molecule has 0 bridgehead atoms. The van der Waals surface area contributed by atoms with Crippen molar-refractivity contribution in [3.63, 3.8) is 0 Å². The fourth-order valence-corrected chi connectivity index (χ4v) is 4.11. The van der Waals surface area contributed by atoms with Crippen LogP contribution in [0.2, 0.25) is 0 Å². The Morgan fingerprint density at radius 1 is 1.52 bits per heavy atom. The number of nitrogens with zero attached hydrogens (tertiary/aromatic N) is 3. The van der Waals surface area contributed by atoms with E-state index in [1.165, 1.54) is 24.2 Å². The maximum Gasteiger partial charge on any atom is 0.346 e. The van der Waals surface area contributed by atoms with Gasteiger partial charge in [-0.25, -0.2) is 18.9 Å². The molecule has 2 aromatic heterocycles. The molecule has 5 nitrogen and oxygen atoms in total. The van der Waals surface area contributed by atoms with Crippen LogP contribution in [0.3, 0.4) is 0 Å². The molecule has 1 aromatic carbocycles. The smallest absolute Gasteiger partial charge is 0.346 e. The number of halogens is 1. The van der Waals surface area contributed by atoms with Crippen molar-refractivity contribution >= 4 is 39.2 Å². The molecular weight excluding hydrogens is 313 g/mol. The number of hydrogen-bond acceptors (Lipinski definition) is 5. The largest absolute Gasteiger partial charge is 0.477 e. The summed E-state index contributed by atoms with van der Waals surface area (Å²) >= 11 is 2.42. The number of rotatable bonds is 4. The number of aromatic nitrogens is 3. The molecule has 3 aromatic rings. The van der Waals surface area contributed by atoms with Crippen LogP contribution < -0.4 is 0 Å². The first-order valence-corrected chi connectivity index (χ1v) is 7.78. The summed E-state index contributed by atoms with van der Waals surface area (Å²) in [6.45, 7) is 0. The Labute approximate surface area is 127 Å². The van der Waals surface area contributed by atoms with Crippen molar-refractivity contribution in [3.8, 4) is 0 Å². The number of fused-ring (bicyclic) bond motifs is 1. The van der Waals surface area contributed by atoms with E-state index in [2.05, 4.69) is 10.1 Å². The van der Waals surface area contributed by atoms with Gasteiger partial charge in [0.2, 0.25) is 0 Å². The molecule has 0 atom stereocenters. The van der Waals surface area contributed by atoms with Crippen molar-refractivity contribution in [2.24, 2.45) is 7.05 Å². The molecule has 2 heterocycles. The van der Waals surface area contributed by atoms with E-state index < -0.39 is 11.8 Å². The molecule has 0 amide bonds. The molecule has 0 aliphatic heterocycles. The first-order valence-electron chi connectivity index (χ1n) is 5.98. The number of aryl methyl sites for hydroxylation is 1. The fourth-order valence-electron chi connectivity index (χ4n) is 2.03. The van der Waals surface area contributed by atoms with Crippen LogP contribution in [-0.4, -0.2) is 25.8 Å². The molecule has 3 rings (SSSR count). The molecule has 21 heavy (non-hydrogen) atoms. The molecule has 1 N–H and O–H groups in total. The van der Waals surface area contributed by atoms with E-state index >= 15 is 0 Å². The number of thiophene rings is 1. The normalized spacial score (nSPS) is 11.1. The summed E-state index contributed by atoms with van der Waals surface area (Å²) in [6.07, 6.45) is 1.42. The van der Waals surface area contributed by atoms with Gasteiger partial charge in [0.15, 0.2) is 5.16 Å². The van der Waals surface area contributed by atoms with Crippen molar-refractivity contribution in [2.45, 2.75) is 10.9 Å². The highest BCUT2D eigenvalue weighted by molar-refractivity contribution is 7.98. The second-order valence-electron chi connectivity index (χ2n) is 4.28. The van der Waals surface area contributed by atoms with Gasteiger partial charge in [-0.2, -0.15) is 5.10 Å². The lowest BCUT2D eigenvalue weighted by Crippen LogP contribution is -1.98. The van der Waals surface area contributed by atoms with Crippen molar-refractivity contribution in [1.29, 1.82) is 0 Å². The summed E-state index contributed by atoms with van der Waals surface area (Å²) in [7, 11) is 1.75. The lowest BCUT2D eigenvalue weighted by atomic mass is 10.1. The van der Waals surface area contributed by atoms with Gasteiger partial charge in [0.1, 0.15) is 17.0 Å². The Hall–Kier alpha value is -1.93. The summed E-state index contributed by atoms with van der Waals surface area (Å²) in [5, 5.41) is 14.3. The second kappa shape index (κ2) is 5.45. The van der Waals surface area contributed by atoms with Crippen LogP contribution in [0, 0.1) is 5.82 Å². The van der Waals surface area contributed by atoms with Crippen LogP contribution in [0.5, 0.6) is 0 Å².